The summed E-state index contributed by atoms with van der Waals surface area (Å²) in [5.41, 5.74) is 2.69. The fourth-order valence-electron chi connectivity index (χ4n) is 2.95. The molecule has 100 valence electrons. The smallest absolute Gasteiger partial charge is 0.0366 e. The van der Waals surface area contributed by atoms with E-state index in [4.69, 9.17) is 0 Å². The van der Waals surface area contributed by atoms with Crippen LogP contribution in [0.2, 0.25) is 0 Å². The Kier molecular flexibility index (Phi) is 4.28. The summed E-state index contributed by atoms with van der Waals surface area (Å²) in [5, 5.41) is 0. The second-order valence-electron chi connectivity index (χ2n) is 5.87. The molecule has 1 fully saturated rings. The molecule has 0 N–H and O–H groups in total. The molecule has 2 rings (SSSR count). The summed E-state index contributed by atoms with van der Waals surface area (Å²) >= 11 is 0. The Balaban J connectivity index is 1.95. The highest BCUT2D eigenvalue weighted by Crippen LogP contribution is 2.28. The zero-order valence-electron chi connectivity index (χ0n) is 12.2. The van der Waals surface area contributed by atoms with Crippen molar-refractivity contribution in [2.75, 3.05) is 26.0 Å². The number of benzene rings is 1. The van der Waals surface area contributed by atoms with Crippen molar-refractivity contribution >= 4 is 5.69 Å². The van der Waals surface area contributed by atoms with Crippen LogP contribution in [0.3, 0.4) is 0 Å². The predicted octanol–water partition coefficient (Wildman–Crippen LogP) is 3.30. The van der Waals surface area contributed by atoms with Gasteiger partial charge in [0.05, 0.1) is 0 Å². The largest absolute Gasteiger partial charge is 0.372 e. The van der Waals surface area contributed by atoms with Gasteiger partial charge < -0.3 is 9.80 Å². The second-order valence-corrected chi connectivity index (χ2v) is 5.87. The van der Waals surface area contributed by atoms with Crippen LogP contribution >= 0.6 is 0 Å². The molecule has 0 aromatic heterocycles. The van der Waals surface area contributed by atoms with Gasteiger partial charge in [-0.15, -0.1) is 0 Å². The summed E-state index contributed by atoms with van der Waals surface area (Å²) in [6.07, 6.45) is 5.28. The van der Waals surface area contributed by atoms with Crippen molar-refractivity contribution < 1.29 is 0 Å². The van der Waals surface area contributed by atoms with E-state index in [-0.39, 0.29) is 0 Å². The quantitative estimate of drug-likeness (QED) is 0.807. The van der Waals surface area contributed by atoms with E-state index in [2.05, 4.69) is 62.1 Å². The average Bonchev–Trinajstić information content (AvgIpc) is 2.39. The molecule has 0 bridgehead atoms. The zero-order chi connectivity index (χ0) is 13.1. The highest BCUT2D eigenvalue weighted by molar-refractivity contribution is 5.47. The second kappa shape index (κ2) is 5.75. The maximum Gasteiger partial charge on any atom is 0.0366 e. The van der Waals surface area contributed by atoms with Crippen molar-refractivity contribution in [2.45, 2.75) is 44.7 Å². The Morgan fingerprint density at radius 1 is 0.833 bits per heavy atom. The van der Waals surface area contributed by atoms with Crippen molar-refractivity contribution in [1.82, 2.24) is 4.90 Å². The number of hydrogen-bond donors (Lipinski definition) is 0. The van der Waals surface area contributed by atoms with Crippen LogP contribution in [0.5, 0.6) is 0 Å². The number of hydrogen-bond acceptors (Lipinski definition) is 2. The topological polar surface area (TPSA) is 6.48 Å². The molecular formula is C16H26N2. The molecule has 1 aliphatic rings. The molecule has 0 heterocycles. The highest BCUT2D eigenvalue weighted by atomic mass is 15.1. The Morgan fingerprint density at radius 3 is 1.83 bits per heavy atom. The lowest BCUT2D eigenvalue weighted by Gasteiger charge is -2.38. The van der Waals surface area contributed by atoms with Gasteiger partial charge in [0.2, 0.25) is 0 Å². The number of rotatable bonds is 3. The van der Waals surface area contributed by atoms with Crippen LogP contribution in [0.25, 0.3) is 0 Å². The molecule has 0 spiro atoms. The first-order chi connectivity index (χ1) is 8.58. The number of aryl methyl sites for hydroxylation is 1. The van der Waals surface area contributed by atoms with Crippen LogP contribution in [0.4, 0.5) is 5.69 Å². The van der Waals surface area contributed by atoms with E-state index < -0.39 is 0 Å². The summed E-state index contributed by atoms with van der Waals surface area (Å²) in [6.45, 7) is 2.14. The fraction of sp³-hybridized carbons (Fsp3) is 0.625. The molecule has 2 heteroatoms. The van der Waals surface area contributed by atoms with Gasteiger partial charge in [-0.2, -0.15) is 0 Å². The van der Waals surface area contributed by atoms with Gasteiger partial charge in [-0.25, -0.2) is 0 Å². The van der Waals surface area contributed by atoms with Crippen LogP contribution < -0.4 is 4.90 Å². The molecule has 0 unspecified atom stereocenters. The molecule has 0 amide bonds. The third kappa shape index (κ3) is 3.05. The lowest BCUT2D eigenvalue weighted by molar-refractivity contribution is 0.215. The molecule has 1 aromatic rings. The molecule has 0 saturated heterocycles. The SMILES string of the molecule is Cc1ccc(N(C)C2CCC(N(C)C)CC2)cc1. The minimum atomic E-state index is 0.712. The number of anilines is 1. The standard InChI is InChI=1S/C16H26N2/c1-13-5-7-15(8-6-13)18(4)16-11-9-14(10-12-16)17(2)3/h5-8,14,16H,9-12H2,1-4H3. The van der Waals surface area contributed by atoms with E-state index in [1.54, 1.807) is 0 Å². The van der Waals surface area contributed by atoms with Gasteiger partial charge in [0.25, 0.3) is 0 Å². The fourth-order valence-corrected chi connectivity index (χ4v) is 2.95. The molecule has 0 aliphatic heterocycles. The lowest BCUT2D eigenvalue weighted by Crippen LogP contribution is -2.40. The van der Waals surface area contributed by atoms with Gasteiger partial charge in [0.1, 0.15) is 0 Å². The van der Waals surface area contributed by atoms with Gasteiger partial charge in [-0.3, -0.25) is 0 Å². The lowest BCUT2D eigenvalue weighted by atomic mass is 9.89. The average molecular weight is 246 g/mol. The maximum atomic E-state index is 2.46. The highest BCUT2D eigenvalue weighted by Gasteiger charge is 2.25. The van der Waals surface area contributed by atoms with Crippen LogP contribution in [-0.4, -0.2) is 38.1 Å². The van der Waals surface area contributed by atoms with E-state index in [1.165, 1.54) is 36.9 Å². The maximum absolute atomic E-state index is 2.46. The molecule has 18 heavy (non-hydrogen) atoms. The Hall–Kier alpha value is -1.02. The predicted molar refractivity (Wildman–Crippen MR) is 79.3 cm³/mol. The Labute approximate surface area is 112 Å². The summed E-state index contributed by atoms with van der Waals surface area (Å²) < 4.78 is 0. The first kappa shape index (κ1) is 13.4. The zero-order valence-corrected chi connectivity index (χ0v) is 12.2. The third-order valence-corrected chi connectivity index (χ3v) is 4.39. The normalized spacial score (nSPS) is 24.3. The van der Waals surface area contributed by atoms with Crippen LogP contribution in [-0.2, 0) is 0 Å². The summed E-state index contributed by atoms with van der Waals surface area (Å²) in [6, 6.07) is 10.4. The summed E-state index contributed by atoms with van der Waals surface area (Å²) in [4.78, 5) is 4.84. The molecular weight excluding hydrogens is 220 g/mol. The molecule has 0 radical (unpaired) electrons. The van der Waals surface area contributed by atoms with Crippen molar-refractivity contribution in [3.8, 4) is 0 Å². The Bertz CT molecular complexity index is 361. The minimum Gasteiger partial charge on any atom is -0.372 e. The molecule has 2 nitrogen and oxygen atoms in total. The van der Waals surface area contributed by atoms with E-state index in [9.17, 15) is 0 Å². The van der Waals surface area contributed by atoms with Crippen LogP contribution in [0, 0.1) is 6.92 Å². The van der Waals surface area contributed by atoms with E-state index in [0.29, 0.717) is 6.04 Å². The summed E-state index contributed by atoms with van der Waals surface area (Å²) in [7, 11) is 6.65. The van der Waals surface area contributed by atoms with Crippen molar-refractivity contribution in [1.29, 1.82) is 0 Å². The molecule has 0 atom stereocenters. The van der Waals surface area contributed by atoms with E-state index >= 15 is 0 Å². The summed E-state index contributed by atoms with van der Waals surface area (Å²) in [5.74, 6) is 0. The van der Waals surface area contributed by atoms with Crippen molar-refractivity contribution in [3.63, 3.8) is 0 Å². The minimum absolute atomic E-state index is 0.712. The van der Waals surface area contributed by atoms with Gasteiger partial charge in [0, 0.05) is 24.8 Å². The van der Waals surface area contributed by atoms with Crippen LogP contribution in [0.15, 0.2) is 24.3 Å². The van der Waals surface area contributed by atoms with Crippen LogP contribution in [0.1, 0.15) is 31.2 Å². The van der Waals surface area contributed by atoms with Crippen molar-refractivity contribution in [2.24, 2.45) is 0 Å². The Morgan fingerprint density at radius 2 is 1.33 bits per heavy atom. The first-order valence-electron chi connectivity index (χ1n) is 7.04. The molecule has 1 aliphatic carbocycles. The van der Waals surface area contributed by atoms with Gasteiger partial charge >= 0.3 is 0 Å². The van der Waals surface area contributed by atoms with Gasteiger partial charge in [0.15, 0.2) is 0 Å². The monoisotopic (exact) mass is 246 g/mol. The van der Waals surface area contributed by atoms with E-state index in [1.807, 2.05) is 0 Å². The number of nitrogens with zero attached hydrogens (tertiary/aromatic N) is 2. The van der Waals surface area contributed by atoms with Gasteiger partial charge in [-0.05, 0) is 58.8 Å². The molecule has 1 aromatic carbocycles. The molecule has 1 saturated carbocycles. The van der Waals surface area contributed by atoms with E-state index in [0.717, 1.165) is 6.04 Å². The van der Waals surface area contributed by atoms with Crippen molar-refractivity contribution in [3.05, 3.63) is 29.8 Å². The van der Waals surface area contributed by atoms with Gasteiger partial charge in [-0.1, -0.05) is 17.7 Å². The third-order valence-electron chi connectivity index (χ3n) is 4.39. The first-order valence-corrected chi connectivity index (χ1v) is 7.04.